The van der Waals surface area contributed by atoms with Gasteiger partial charge in [-0.3, -0.25) is 9.48 Å². The fourth-order valence-corrected chi connectivity index (χ4v) is 2.41. The van der Waals surface area contributed by atoms with Crippen molar-refractivity contribution in [3.8, 4) is 17.0 Å². The molecule has 3 rings (SSSR count). The SMILES string of the molecule is CCn1nc(-c2ccc(OC)cc2)cc1C(=O)NCc1ccco1. The van der Waals surface area contributed by atoms with Gasteiger partial charge in [0, 0.05) is 12.1 Å². The highest BCUT2D eigenvalue weighted by molar-refractivity contribution is 5.93. The highest BCUT2D eigenvalue weighted by atomic mass is 16.5. The van der Waals surface area contributed by atoms with Crippen molar-refractivity contribution in [3.63, 3.8) is 0 Å². The molecule has 0 aliphatic heterocycles. The van der Waals surface area contributed by atoms with Crippen LogP contribution < -0.4 is 10.1 Å². The molecule has 1 N–H and O–H groups in total. The van der Waals surface area contributed by atoms with E-state index >= 15 is 0 Å². The van der Waals surface area contributed by atoms with Crippen LogP contribution >= 0.6 is 0 Å². The second-order valence-corrected chi connectivity index (χ2v) is 5.22. The summed E-state index contributed by atoms with van der Waals surface area (Å²) < 4.78 is 12.1. The fraction of sp³-hybridized carbons (Fsp3) is 0.222. The number of furan rings is 1. The molecular formula is C18H19N3O3. The molecule has 6 nitrogen and oxygen atoms in total. The van der Waals surface area contributed by atoms with Crippen molar-refractivity contribution in [1.82, 2.24) is 15.1 Å². The van der Waals surface area contributed by atoms with Crippen molar-refractivity contribution in [3.05, 3.63) is 60.2 Å². The molecule has 0 bridgehead atoms. The summed E-state index contributed by atoms with van der Waals surface area (Å²) in [6.45, 7) is 2.91. The minimum Gasteiger partial charge on any atom is -0.497 e. The number of aromatic nitrogens is 2. The number of amides is 1. The number of carbonyl (C=O) groups is 1. The van der Waals surface area contributed by atoms with E-state index in [0.717, 1.165) is 17.0 Å². The van der Waals surface area contributed by atoms with E-state index in [1.165, 1.54) is 0 Å². The molecular weight excluding hydrogens is 306 g/mol. The predicted octanol–water partition coefficient (Wildman–Crippen LogP) is 3.10. The molecule has 0 aliphatic carbocycles. The minimum absolute atomic E-state index is 0.180. The third-order valence-electron chi connectivity index (χ3n) is 3.70. The third kappa shape index (κ3) is 3.32. The van der Waals surface area contributed by atoms with E-state index in [1.807, 2.05) is 37.3 Å². The van der Waals surface area contributed by atoms with Crippen LogP contribution in [0.2, 0.25) is 0 Å². The summed E-state index contributed by atoms with van der Waals surface area (Å²) in [5.74, 6) is 1.31. The van der Waals surface area contributed by atoms with E-state index in [4.69, 9.17) is 9.15 Å². The van der Waals surface area contributed by atoms with Crippen LogP contribution in [0.4, 0.5) is 0 Å². The number of nitrogens with zero attached hydrogens (tertiary/aromatic N) is 2. The zero-order valence-corrected chi connectivity index (χ0v) is 13.7. The van der Waals surface area contributed by atoms with Crippen molar-refractivity contribution in [2.45, 2.75) is 20.0 Å². The van der Waals surface area contributed by atoms with Crippen LogP contribution in [-0.2, 0) is 13.1 Å². The summed E-state index contributed by atoms with van der Waals surface area (Å²) in [5, 5.41) is 7.36. The van der Waals surface area contributed by atoms with Crippen LogP contribution in [0.15, 0.2) is 53.1 Å². The number of hydrogen-bond acceptors (Lipinski definition) is 4. The van der Waals surface area contributed by atoms with Crippen molar-refractivity contribution in [2.75, 3.05) is 7.11 Å². The van der Waals surface area contributed by atoms with Crippen LogP contribution in [0.1, 0.15) is 23.2 Å². The molecule has 2 heterocycles. The Balaban J connectivity index is 1.79. The highest BCUT2D eigenvalue weighted by Gasteiger charge is 2.15. The third-order valence-corrected chi connectivity index (χ3v) is 3.70. The number of aryl methyl sites for hydroxylation is 1. The molecule has 0 spiro atoms. The van der Waals surface area contributed by atoms with Crippen molar-refractivity contribution in [2.24, 2.45) is 0 Å². The molecule has 0 radical (unpaired) electrons. The first kappa shape index (κ1) is 15.9. The number of benzene rings is 1. The topological polar surface area (TPSA) is 69.3 Å². The van der Waals surface area contributed by atoms with E-state index in [0.29, 0.717) is 24.5 Å². The maximum atomic E-state index is 12.4. The smallest absolute Gasteiger partial charge is 0.269 e. The lowest BCUT2D eigenvalue weighted by molar-refractivity contribution is 0.0937. The molecule has 1 aromatic carbocycles. The van der Waals surface area contributed by atoms with Gasteiger partial charge in [0.05, 0.1) is 25.6 Å². The standard InChI is InChI=1S/C18H19N3O3/c1-3-21-17(18(22)19-12-15-5-4-10-24-15)11-16(20-21)13-6-8-14(23-2)9-7-13/h4-11H,3,12H2,1-2H3,(H,19,22). The lowest BCUT2D eigenvalue weighted by Gasteiger charge is -2.04. The van der Waals surface area contributed by atoms with Crippen LogP contribution in [0.5, 0.6) is 5.75 Å². The summed E-state index contributed by atoms with van der Waals surface area (Å²) in [5.41, 5.74) is 2.21. The lowest BCUT2D eigenvalue weighted by atomic mass is 10.1. The molecule has 2 aromatic heterocycles. The zero-order chi connectivity index (χ0) is 16.9. The predicted molar refractivity (Wildman–Crippen MR) is 89.8 cm³/mol. The van der Waals surface area contributed by atoms with E-state index in [2.05, 4.69) is 10.4 Å². The molecule has 6 heteroatoms. The van der Waals surface area contributed by atoms with Gasteiger partial charge in [0.25, 0.3) is 5.91 Å². The van der Waals surface area contributed by atoms with Crippen LogP contribution in [0.3, 0.4) is 0 Å². The Bertz CT molecular complexity index is 805. The maximum Gasteiger partial charge on any atom is 0.269 e. The quantitative estimate of drug-likeness (QED) is 0.756. The first-order valence-corrected chi connectivity index (χ1v) is 7.74. The Morgan fingerprint density at radius 2 is 2.08 bits per heavy atom. The molecule has 0 fully saturated rings. The van der Waals surface area contributed by atoms with E-state index in [-0.39, 0.29) is 5.91 Å². The summed E-state index contributed by atoms with van der Waals surface area (Å²) in [4.78, 5) is 12.4. The van der Waals surface area contributed by atoms with Gasteiger partial charge >= 0.3 is 0 Å². The van der Waals surface area contributed by atoms with Gasteiger partial charge in [-0.2, -0.15) is 5.10 Å². The molecule has 1 amide bonds. The van der Waals surface area contributed by atoms with E-state index < -0.39 is 0 Å². The Kier molecular flexibility index (Phi) is 4.65. The molecule has 0 saturated carbocycles. The molecule has 124 valence electrons. The number of carbonyl (C=O) groups excluding carboxylic acids is 1. The Morgan fingerprint density at radius 3 is 2.71 bits per heavy atom. The second-order valence-electron chi connectivity index (χ2n) is 5.22. The van der Waals surface area contributed by atoms with Gasteiger partial charge in [-0.1, -0.05) is 0 Å². The molecule has 3 aromatic rings. The van der Waals surface area contributed by atoms with Gasteiger partial charge in [0.2, 0.25) is 0 Å². The first-order chi connectivity index (χ1) is 11.7. The van der Waals surface area contributed by atoms with Crippen molar-refractivity contribution >= 4 is 5.91 Å². The van der Waals surface area contributed by atoms with Gasteiger partial charge in [-0.25, -0.2) is 0 Å². The molecule has 24 heavy (non-hydrogen) atoms. The monoisotopic (exact) mass is 325 g/mol. The number of nitrogens with one attached hydrogen (secondary N) is 1. The van der Waals surface area contributed by atoms with Gasteiger partial charge in [0.15, 0.2) is 0 Å². The number of hydrogen-bond donors (Lipinski definition) is 1. The van der Waals surface area contributed by atoms with Gasteiger partial charge in [-0.15, -0.1) is 0 Å². The van der Waals surface area contributed by atoms with Crippen molar-refractivity contribution in [1.29, 1.82) is 0 Å². The van der Waals surface area contributed by atoms with E-state index in [9.17, 15) is 4.79 Å². The maximum absolute atomic E-state index is 12.4. The lowest BCUT2D eigenvalue weighted by Crippen LogP contribution is -2.25. The van der Waals surface area contributed by atoms with Crippen LogP contribution in [-0.4, -0.2) is 22.8 Å². The number of methoxy groups -OCH3 is 1. The zero-order valence-electron chi connectivity index (χ0n) is 13.7. The molecule has 0 aliphatic rings. The van der Waals surface area contributed by atoms with E-state index in [1.54, 1.807) is 30.2 Å². The Morgan fingerprint density at radius 1 is 1.29 bits per heavy atom. The molecule has 0 atom stereocenters. The normalized spacial score (nSPS) is 10.6. The Labute approximate surface area is 140 Å². The summed E-state index contributed by atoms with van der Waals surface area (Å²) in [6.07, 6.45) is 1.58. The van der Waals surface area contributed by atoms with Crippen LogP contribution in [0.25, 0.3) is 11.3 Å². The first-order valence-electron chi connectivity index (χ1n) is 7.74. The average molecular weight is 325 g/mol. The Hall–Kier alpha value is -3.02. The molecule has 0 saturated heterocycles. The minimum atomic E-state index is -0.180. The summed E-state index contributed by atoms with van der Waals surface area (Å²) >= 11 is 0. The van der Waals surface area contributed by atoms with Crippen molar-refractivity contribution < 1.29 is 13.9 Å². The number of rotatable bonds is 6. The largest absolute Gasteiger partial charge is 0.497 e. The van der Waals surface area contributed by atoms with Gasteiger partial charge in [-0.05, 0) is 49.4 Å². The molecule has 0 unspecified atom stereocenters. The second kappa shape index (κ2) is 7.04. The van der Waals surface area contributed by atoms with Crippen LogP contribution in [0, 0.1) is 0 Å². The number of ether oxygens (including phenoxy) is 1. The average Bonchev–Trinajstić information content (AvgIpc) is 3.29. The summed E-state index contributed by atoms with van der Waals surface area (Å²) in [7, 11) is 1.63. The fourth-order valence-electron chi connectivity index (χ4n) is 2.41. The highest BCUT2D eigenvalue weighted by Crippen LogP contribution is 2.22. The summed E-state index contributed by atoms with van der Waals surface area (Å²) in [6, 6.07) is 13.0. The van der Waals surface area contributed by atoms with Gasteiger partial charge in [0.1, 0.15) is 17.2 Å². The van der Waals surface area contributed by atoms with Gasteiger partial charge < -0.3 is 14.5 Å².